The van der Waals surface area contributed by atoms with Crippen LogP contribution in [-0.2, 0) is 16.5 Å². The molecule has 0 fully saturated rings. The molecule has 0 heterocycles. The Kier molecular flexibility index (Phi) is 4.32. The van der Waals surface area contributed by atoms with Crippen LogP contribution in [0.5, 0.6) is 5.75 Å². The average molecular weight is 244 g/mol. The van der Waals surface area contributed by atoms with Gasteiger partial charge in [0.2, 0.25) is 0 Å². The van der Waals surface area contributed by atoms with E-state index in [9.17, 15) is 8.42 Å². The van der Waals surface area contributed by atoms with Crippen molar-refractivity contribution in [2.24, 2.45) is 0 Å². The van der Waals surface area contributed by atoms with Crippen LogP contribution in [0.25, 0.3) is 0 Å². The molecule has 0 spiro atoms. The zero-order valence-electron chi connectivity index (χ0n) is 9.38. The van der Waals surface area contributed by atoms with Gasteiger partial charge in [0.25, 0.3) is 10.1 Å². The summed E-state index contributed by atoms with van der Waals surface area (Å²) in [6, 6.07) is 7.44. The summed E-state index contributed by atoms with van der Waals surface area (Å²) in [7, 11) is -2.36. The summed E-state index contributed by atoms with van der Waals surface area (Å²) in [5, 5.41) is -0.752. The van der Waals surface area contributed by atoms with Crippen molar-refractivity contribution in [3.8, 4) is 5.75 Å². The van der Waals surface area contributed by atoms with E-state index < -0.39 is 15.4 Å². The molecule has 0 aliphatic heterocycles. The van der Waals surface area contributed by atoms with Crippen molar-refractivity contribution in [1.29, 1.82) is 0 Å². The molecule has 90 valence electrons. The largest absolute Gasteiger partial charge is 0.496 e. The molecule has 1 N–H and O–H groups in total. The van der Waals surface area contributed by atoms with Crippen LogP contribution in [0, 0.1) is 0 Å². The molecule has 1 aromatic rings. The Balaban J connectivity index is 2.68. The molecule has 0 aliphatic carbocycles. The molecule has 5 heteroatoms. The van der Waals surface area contributed by atoms with Crippen LogP contribution in [-0.4, -0.2) is 25.3 Å². The fourth-order valence-electron chi connectivity index (χ4n) is 1.42. The zero-order valence-corrected chi connectivity index (χ0v) is 10.2. The molecule has 1 atom stereocenters. The van der Waals surface area contributed by atoms with Crippen LogP contribution >= 0.6 is 0 Å². The molecule has 0 radical (unpaired) electrons. The number of rotatable bonds is 5. The molecule has 0 saturated carbocycles. The van der Waals surface area contributed by atoms with Crippen molar-refractivity contribution in [2.45, 2.75) is 25.0 Å². The number of benzene rings is 1. The minimum Gasteiger partial charge on any atom is -0.496 e. The quantitative estimate of drug-likeness (QED) is 0.803. The predicted molar refractivity (Wildman–Crippen MR) is 62.3 cm³/mol. The number of hydrogen-bond donors (Lipinski definition) is 1. The second-order valence-electron chi connectivity index (χ2n) is 3.68. The maximum atomic E-state index is 10.8. The molecule has 1 rings (SSSR count). The van der Waals surface area contributed by atoms with Gasteiger partial charge in [-0.1, -0.05) is 18.2 Å². The smallest absolute Gasteiger partial charge is 0.267 e. The van der Waals surface area contributed by atoms with Crippen molar-refractivity contribution in [1.82, 2.24) is 0 Å². The minimum absolute atomic E-state index is 0.374. The van der Waals surface area contributed by atoms with Gasteiger partial charge in [0.1, 0.15) is 5.75 Å². The highest BCUT2D eigenvalue weighted by Gasteiger charge is 2.17. The summed E-state index contributed by atoms with van der Waals surface area (Å²) in [5.41, 5.74) is 0.945. The lowest BCUT2D eigenvalue weighted by atomic mass is 10.1. The van der Waals surface area contributed by atoms with Crippen molar-refractivity contribution >= 4 is 10.1 Å². The number of hydrogen-bond acceptors (Lipinski definition) is 3. The molecular weight excluding hydrogens is 228 g/mol. The Labute approximate surface area is 96.0 Å². The zero-order chi connectivity index (χ0) is 12.2. The maximum absolute atomic E-state index is 10.8. The SMILES string of the molecule is COc1ccccc1CCC(C)S(=O)(=O)O. The van der Waals surface area contributed by atoms with Gasteiger partial charge in [-0.2, -0.15) is 8.42 Å². The lowest BCUT2D eigenvalue weighted by Crippen LogP contribution is -2.17. The fraction of sp³-hybridized carbons (Fsp3) is 0.455. The molecule has 1 unspecified atom stereocenters. The first-order chi connectivity index (χ1) is 7.45. The first-order valence-corrected chi connectivity index (χ1v) is 6.53. The number of para-hydroxylation sites is 1. The van der Waals surface area contributed by atoms with Crippen LogP contribution in [0.15, 0.2) is 24.3 Å². The third-order valence-electron chi connectivity index (χ3n) is 2.52. The van der Waals surface area contributed by atoms with Crippen molar-refractivity contribution < 1.29 is 17.7 Å². The highest BCUT2D eigenvalue weighted by Crippen LogP contribution is 2.20. The van der Waals surface area contributed by atoms with E-state index in [1.54, 1.807) is 7.11 Å². The van der Waals surface area contributed by atoms with Gasteiger partial charge >= 0.3 is 0 Å². The van der Waals surface area contributed by atoms with E-state index in [1.807, 2.05) is 24.3 Å². The van der Waals surface area contributed by atoms with E-state index in [2.05, 4.69) is 0 Å². The van der Waals surface area contributed by atoms with Crippen LogP contribution in [0.1, 0.15) is 18.9 Å². The summed E-state index contributed by atoms with van der Waals surface area (Å²) >= 11 is 0. The molecule has 0 aliphatic rings. The summed E-state index contributed by atoms with van der Waals surface area (Å²) in [6.07, 6.45) is 0.935. The molecule has 16 heavy (non-hydrogen) atoms. The van der Waals surface area contributed by atoms with Gasteiger partial charge in [0.15, 0.2) is 0 Å². The van der Waals surface area contributed by atoms with E-state index >= 15 is 0 Å². The maximum Gasteiger partial charge on any atom is 0.267 e. The van der Waals surface area contributed by atoms with Gasteiger partial charge in [-0.05, 0) is 31.4 Å². The molecule has 0 bridgehead atoms. The van der Waals surface area contributed by atoms with Gasteiger partial charge in [-0.15, -0.1) is 0 Å². The Hall–Kier alpha value is -1.07. The molecule has 0 aromatic heterocycles. The van der Waals surface area contributed by atoms with Gasteiger partial charge in [0, 0.05) is 0 Å². The van der Waals surface area contributed by atoms with E-state index in [1.165, 1.54) is 6.92 Å². The standard InChI is InChI=1S/C11H16O4S/c1-9(16(12,13)14)7-8-10-5-3-4-6-11(10)15-2/h3-6,9H,7-8H2,1-2H3,(H,12,13,14). The van der Waals surface area contributed by atoms with E-state index in [-0.39, 0.29) is 0 Å². The summed E-state index contributed by atoms with van der Waals surface area (Å²) in [4.78, 5) is 0. The molecule has 0 saturated heterocycles. The molecular formula is C11H16O4S. The summed E-state index contributed by atoms with van der Waals surface area (Å²) in [5.74, 6) is 0.741. The van der Waals surface area contributed by atoms with Crippen molar-refractivity contribution in [3.63, 3.8) is 0 Å². The third kappa shape index (κ3) is 3.50. The Bertz CT molecular complexity index is 439. The predicted octanol–water partition coefficient (Wildman–Crippen LogP) is 1.90. The van der Waals surface area contributed by atoms with Gasteiger partial charge in [-0.3, -0.25) is 4.55 Å². The molecule has 0 amide bonds. The van der Waals surface area contributed by atoms with Crippen molar-refractivity contribution in [3.05, 3.63) is 29.8 Å². The Morgan fingerprint density at radius 3 is 2.56 bits per heavy atom. The molecule has 4 nitrogen and oxygen atoms in total. The summed E-state index contributed by atoms with van der Waals surface area (Å²) in [6.45, 7) is 1.49. The van der Waals surface area contributed by atoms with Gasteiger partial charge in [0.05, 0.1) is 12.4 Å². The highest BCUT2D eigenvalue weighted by atomic mass is 32.2. The number of ether oxygens (including phenoxy) is 1. The monoisotopic (exact) mass is 244 g/mol. The van der Waals surface area contributed by atoms with Crippen LogP contribution in [0.3, 0.4) is 0 Å². The normalized spacial score (nSPS) is 13.4. The van der Waals surface area contributed by atoms with E-state index in [0.717, 1.165) is 11.3 Å². The number of methoxy groups -OCH3 is 1. The second kappa shape index (κ2) is 5.32. The lowest BCUT2D eigenvalue weighted by molar-refractivity contribution is 0.408. The lowest BCUT2D eigenvalue weighted by Gasteiger charge is -2.10. The topological polar surface area (TPSA) is 63.6 Å². The van der Waals surface area contributed by atoms with Crippen LogP contribution < -0.4 is 4.74 Å². The Morgan fingerprint density at radius 1 is 1.38 bits per heavy atom. The van der Waals surface area contributed by atoms with Gasteiger partial charge < -0.3 is 4.74 Å². The van der Waals surface area contributed by atoms with Gasteiger partial charge in [-0.25, -0.2) is 0 Å². The average Bonchev–Trinajstić information content (AvgIpc) is 2.24. The van der Waals surface area contributed by atoms with E-state index in [4.69, 9.17) is 9.29 Å². The van der Waals surface area contributed by atoms with Crippen LogP contribution in [0.4, 0.5) is 0 Å². The fourth-order valence-corrected chi connectivity index (χ4v) is 1.83. The van der Waals surface area contributed by atoms with Crippen molar-refractivity contribution in [2.75, 3.05) is 7.11 Å². The highest BCUT2D eigenvalue weighted by molar-refractivity contribution is 7.86. The molecule has 1 aromatic carbocycles. The van der Waals surface area contributed by atoms with Crippen LogP contribution in [0.2, 0.25) is 0 Å². The third-order valence-corrected chi connectivity index (χ3v) is 3.77. The first-order valence-electron chi connectivity index (χ1n) is 5.03. The number of aryl methyl sites for hydroxylation is 1. The second-order valence-corrected chi connectivity index (χ2v) is 5.51. The summed E-state index contributed by atoms with van der Waals surface area (Å²) < 4.78 is 35.6. The Morgan fingerprint density at radius 2 is 2.00 bits per heavy atom. The van der Waals surface area contributed by atoms with E-state index in [0.29, 0.717) is 12.8 Å². The minimum atomic E-state index is -3.93. The first kappa shape index (κ1) is 13.0.